The fourth-order valence-corrected chi connectivity index (χ4v) is 3.71. The molecule has 1 aliphatic rings. The first-order chi connectivity index (χ1) is 15.8. The highest BCUT2D eigenvalue weighted by Crippen LogP contribution is 2.28. The van der Waals surface area contributed by atoms with Gasteiger partial charge in [0.05, 0.1) is 30.2 Å². The molecule has 1 aromatic carbocycles. The van der Waals surface area contributed by atoms with Crippen molar-refractivity contribution in [3.63, 3.8) is 0 Å². The van der Waals surface area contributed by atoms with Gasteiger partial charge in [0.25, 0.3) is 5.56 Å². The average molecular weight is 480 g/mol. The molecule has 1 N–H and O–H groups in total. The number of alkyl halides is 3. The second-order valence-electron chi connectivity index (χ2n) is 7.59. The van der Waals surface area contributed by atoms with E-state index in [4.69, 9.17) is 16.3 Å². The topological polar surface area (TPSA) is 72.3 Å². The van der Waals surface area contributed by atoms with E-state index in [1.807, 2.05) is 18.2 Å². The number of hydrogen-bond acceptors (Lipinski definition) is 6. The van der Waals surface area contributed by atoms with Crippen LogP contribution < -0.4 is 10.9 Å². The fourth-order valence-electron chi connectivity index (χ4n) is 3.51. The quantitative estimate of drug-likeness (QED) is 0.582. The van der Waals surface area contributed by atoms with Gasteiger partial charge in [-0.1, -0.05) is 41.9 Å². The van der Waals surface area contributed by atoms with E-state index in [0.717, 1.165) is 29.9 Å². The first-order valence-corrected chi connectivity index (χ1v) is 10.6. The molecule has 1 atom stereocenters. The van der Waals surface area contributed by atoms with Gasteiger partial charge >= 0.3 is 6.18 Å². The van der Waals surface area contributed by atoms with Gasteiger partial charge in [-0.3, -0.25) is 9.69 Å². The molecular formula is C22H21ClF3N5O2. The molecule has 33 heavy (non-hydrogen) atoms. The number of pyridine rings is 1. The van der Waals surface area contributed by atoms with Crippen LogP contribution in [-0.2, 0) is 17.5 Å². The number of nitrogens with one attached hydrogen (secondary N) is 1. The van der Waals surface area contributed by atoms with E-state index in [1.54, 1.807) is 0 Å². The van der Waals surface area contributed by atoms with Gasteiger partial charge in [-0.25, -0.2) is 4.98 Å². The standard InChI is InChI=1S/C22H21ClF3N5O2/c23-20-18(12-29-31(21(20)32)19-7-6-16(10-28-19)22(24,25)26)27-11-17-14-30(8-9-33-17)13-15-4-2-1-3-5-15/h1-7,10,12,17,27H,8-9,11,13-14H2/t17-/m1/s1. The fraction of sp³-hybridized carbons (Fsp3) is 0.318. The van der Waals surface area contributed by atoms with Crippen LogP contribution in [0, 0.1) is 0 Å². The maximum absolute atomic E-state index is 12.7. The molecule has 11 heteroatoms. The van der Waals surface area contributed by atoms with Crippen LogP contribution in [0.1, 0.15) is 11.1 Å². The molecule has 0 amide bonds. The van der Waals surface area contributed by atoms with Crippen molar-refractivity contribution in [2.45, 2.75) is 18.8 Å². The number of morpholine rings is 1. The third-order valence-corrected chi connectivity index (χ3v) is 5.57. The van der Waals surface area contributed by atoms with Gasteiger partial charge in [0.1, 0.15) is 5.02 Å². The Labute approximate surface area is 192 Å². The van der Waals surface area contributed by atoms with Gasteiger partial charge in [0.2, 0.25) is 0 Å². The predicted molar refractivity (Wildman–Crippen MR) is 118 cm³/mol. The van der Waals surface area contributed by atoms with Gasteiger partial charge in [-0.2, -0.15) is 23.0 Å². The molecule has 0 spiro atoms. The normalized spacial score (nSPS) is 17.2. The summed E-state index contributed by atoms with van der Waals surface area (Å²) in [7, 11) is 0. The van der Waals surface area contributed by atoms with Crippen LogP contribution in [0.5, 0.6) is 0 Å². The summed E-state index contributed by atoms with van der Waals surface area (Å²) in [5.41, 5.74) is -0.0749. The van der Waals surface area contributed by atoms with E-state index >= 15 is 0 Å². The second kappa shape index (κ2) is 9.90. The maximum Gasteiger partial charge on any atom is 0.417 e. The Bertz CT molecular complexity index is 1140. The Morgan fingerprint density at radius 2 is 1.94 bits per heavy atom. The van der Waals surface area contributed by atoms with E-state index in [0.29, 0.717) is 31.6 Å². The lowest BCUT2D eigenvalue weighted by atomic mass is 10.2. The number of nitrogens with zero attached hydrogens (tertiary/aromatic N) is 4. The molecule has 0 unspecified atom stereocenters. The monoisotopic (exact) mass is 479 g/mol. The predicted octanol–water partition coefficient (Wildman–Crippen LogP) is 3.61. The Morgan fingerprint density at radius 3 is 2.64 bits per heavy atom. The zero-order valence-electron chi connectivity index (χ0n) is 17.4. The minimum atomic E-state index is -4.52. The second-order valence-corrected chi connectivity index (χ2v) is 7.96. The smallest absolute Gasteiger partial charge is 0.380 e. The molecular weight excluding hydrogens is 459 g/mol. The van der Waals surface area contributed by atoms with E-state index in [9.17, 15) is 18.0 Å². The van der Waals surface area contributed by atoms with Crippen LogP contribution >= 0.6 is 11.6 Å². The zero-order chi connectivity index (χ0) is 23.4. The molecule has 1 fully saturated rings. The number of anilines is 1. The molecule has 3 heterocycles. The summed E-state index contributed by atoms with van der Waals surface area (Å²) in [6, 6.07) is 12.0. The summed E-state index contributed by atoms with van der Waals surface area (Å²) in [6.07, 6.45) is -2.65. The molecule has 2 aromatic heterocycles. The third-order valence-electron chi connectivity index (χ3n) is 5.20. The first kappa shape index (κ1) is 23.2. The van der Waals surface area contributed by atoms with Crippen molar-refractivity contribution >= 4 is 17.3 Å². The number of aromatic nitrogens is 3. The van der Waals surface area contributed by atoms with E-state index < -0.39 is 17.3 Å². The van der Waals surface area contributed by atoms with Crippen molar-refractivity contribution in [1.29, 1.82) is 0 Å². The van der Waals surface area contributed by atoms with E-state index in [2.05, 4.69) is 32.4 Å². The molecule has 0 bridgehead atoms. The van der Waals surface area contributed by atoms with Crippen molar-refractivity contribution in [2.75, 3.05) is 31.6 Å². The highest BCUT2D eigenvalue weighted by molar-refractivity contribution is 6.32. The van der Waals surface area contributed by atoms with Crippen LogP contribution in [0.25, 0.3) is 5.82 Å². The Morgan fingerprint density at radius 1 is 1.15 bits per heavy atom. The minimum Gasteiger partial charge on any atom is -0.380 e. The van der Waals surface area contributed by atoms with Crippen molar-refractivity contribution in [2.24, 2.45) is 0 Å². The first-order valence-electron chi connectivity index (χ1n) is 10.2. The summed E-state index contributed by atoms with van der Waals surface area (Å²) < 4.78 is 44.8. The minimum absolute atomic E-state index is 0.0615. The summed E-state index contributed by atoms with van der Waals surface area (Å²) in [6.45, 7) is 3.35. The summed E-state index contributed by atoms with van der Waals surface area (Å²) >= 11 is 6.21. The lowest BCUT2D eigenvalue weighted by Gasteiger charge is -2.33. The lowest BCUT2D eigenvalue weighted by molar-refractivity contribution is -0.137. The SMILES string of the molecule is O=c1c(Cl)c(NC[C@@H]2CN(Cc3ccccc3)CCO2)cnn1-c1ccc(C(F)(F)F)cn1. The van der Waals surface area contributed by atoms with Gasteiger partial charge in [-0.15, -0.1) is 0 Å². The maximum atomic E-state index is 12.7. The molecule has 0 saturated carbocycles. The van der Waals surface area contributed by atoms with Crippen LogP contribution in [0.3, 0.4) is 0 Å². The van der Waals surface area contributed by atoms with Gasteiger partial charge < -0.3 is 10.1 Å². The number of hydrogen-bond donors (Lipinski definition) is 1. The summed E-state index contributed by atoms with van der Waals surface area (Å²) in [4.78, 5) is 18.6. The molecule has 3 aromatic rings. The third kappa shape index (κ3) is 5.70. The van der Waals surface area contributed by atoms with Crippen molar-refractivity contribution in [3.8, 4) is 5.82 Å². The molecule has 1 aliphatic heterocycles. The zero-order valence-corrected chi connectivity index (χ0v) is 18.2. The van der Waals surface area contributed by atoms with Gasteiger partial charge in [0, 0.05) is 32.4 Å². The highest BCUT2D eigenvalue weighted by Gasteiger charge is 2.31. The van der Waals surface area contributed by atoms with Crippen LogP contribution in [0.4, 0.5) is 18.9 Å². The Kier molecular flexibility index (Phi) is 6.96. The number of halogens is 4. The van der Waals surface area contributed by atoms with Crippen molar-refractivity contribution in [3.05, 3.63) is 81.4 Å². The largest absolute Gasteiger partial charge is 0.417 e. The molecule has 1 saturated heterocycles. The molecule has 174 valence electrons. The van der Waals surface area contributed by atoms with Gasteiger partial charge in [0.15, 0.2) is 5.82 Å². The van der Waals surface area contributed by atoms with Crippen molar-refractivity contribution in [1.82, 2.24) is 19.7 Å². The lowest BCUT2D eigenvalue weighted by Crippen LogP contribution is -2.44. The average Bonchev–Trinajstić information content (AvgIpc) is 2.80. The van der Waals surface area contributed by atoms with Crippen LogP contribution in [-0.4, -0.2) is 52.0 Å². The van der Waals surface area contributed by atoms with Gasteiger partial charge in [-0.05, 0) is 17.7 Å². The summed E-state index contributed by atoms with van der Waals surface area (Å²) in [5, 5.41) is 6.95. The van der Waals surface area contributed by atoms with E-state index in [-0.39, 0.29) is 16.9 Å². The Hall–Kier alpha value is -2.95. The molecule has 4 rings (SSSR count). The molecule has 0 aliphatic carbocycles. The number of rotatable bonds is 6. The molecule has 7 nitrogen and oxygen atoms in total. The number of ether oxygens (including phenoxy) is 1. The Balaban J connectivity index is 1.40. The van der Waals surface area contributed by atoms with Crippen molar-refractivity contribution < 1.29 is 17.9 Å². The van der Waals surface area contributed by atoms with Crippen LogP contribution in [0.2, 0.25) is 5.02 Å². The highest BCUT2D eigenvalue weighted by atomic mass is 35.5. The summed E-state index contributed by atoms with van der Waals surface area (Å²) in [5.74, 6) is -0.0615. The molecule has 0 radical (unpaired) electrons. The van der Waals surface area contributed by atoms with Crippen LogP contribution in [0.15, 0.2) is 59.7 Å². The number of benzene rings is 1. The van der Waals surface area contributed by atoms with E-state index in [1.165, 1.54) is 11.8 Å².